The van der Waals surface area contributed by atoms with Crippen molar-refractivity contribution in [3.8, 4) is 5.75 Å². The molecule has 112 valence electrons. The van der Waals surface area contributed by atoms with Gasteiger partial charge in [-0.05, 0) is 61.1 Å². The molecule has 0 N–H and O–H groups in total. The zero-order valence-electron chi connectivity index (χ0n) is 12.6. The van der Waals surface area contributed by atoms with Crippen molar-refractivity contribution in [2.45, 2.75) is 25.7 Å². The monoisotopic (exact) mass is 302 g/mol. The van der Waals surface area contributed by atoms with Crippen LogP contribution in [-0.2, 0) is 12.8 Å². The van der Waals surface area contributed by atoms with Gasteiger partial charge in [-0.3, -0.25) is 0 Å². The quantitative estimate of drug-likeness (QED) is 0.701. The summed E-state index contributed by atoms with van der Waals surface area (Å²) in [5, 5.41) is 0.799. The Labute approximate surface area is 133 Å². The van der Waals surface area contributed by atoms with E-state index in [1.54, 1.807) is 7.11 Å². The summed E-state index contributed by atoms with van der Waals surface area (Å²) in [7, 11) is 1.68. The van der Waals surface area contributed by atoms with Gasteiger partial charge in [-0.25, -0.2) is 0 Å². The molecule has 0 saturated carbocycles. The maximum Gasteiger partial charge on any atom is 0.118 e. The first kappa shape index (κ1) is 17.6. The minimum atomic E-state index is 0.799. The molecule has 0 fully saturated rings. The van der Waals surface area contributed by atoms with Crippen LogP contribution in [0.25, 0.3) is 0 Å². The molecular formula is C19H23ClO. The van der Waals surface area contributed by atoms with Gasteiger partial charge in [0.25, 0.3) is 0 Å². The first-order valence-electron chi connectivity index (χ1n) is 7.15. The Balaban J connectivity index is 0.000000211. The number of aryl methyl sites for hydroxylation is 2. The SMILES string of the molecule is [CH2]CCc1ccc(Cl)cc1.[CH2]CCc1ccc(OC)cc1. The molecule has 0 aliphatic heterocycles. The first-order valence-corrected chi connectivity index (χ1v) is 7.53. The number of hydrogen-bond donors (Lipinski definition) is 0. The van der Waals surface area contributed by atoms with Gasteiger partial charge in [0.1, 0.15) is 5.75 Å². The van der Waals surface area contributed by atoms with Crippen molar-refractivity contribution in [3.63, 3.8) is 0 Å². The van der Waals surface area contributed by atoms with Gasteiger partial charge in [-0.15, -0.1) is 0 Å². The summed E-state index contributed by atoms with van der Waals surface area (Å²) in [4.78, 5) is 0. The Bertz CT molecular complexity index is 488. The van der Waals surface area contributed by atoms with E-state index in [4.69, 9.17) is 16.3 Å². The van der Waals surface area contributed by atoms with Crippen molar-refractivity contribution in [1.29, 1.82) is 0 Å². The fourth-order valence-electron chi connectivity index (χ4n) is 1.85. The van der Waals surface area contributed by atoms with Gasteiger partial charge >= 0.3 is 0 Å². The molecule has 0 saturated heterocycles. The lowest BCUT2D eigenvalue weighted by atomic mass is 10.1. The smallest absolute Gasteiger partial charge is 0.118 e. The van der Waals surface area contributed by atoms with Crippen LogP contribution in [0, 0.1) is 13.8 Å². The van der Waals surface area contributed by atoms with Crippen LogP contribution in [0.5, 0.6) is 5.75 Å². The summed E-state index contributed by atoms with van der Waals surface area (Å²) in [6, 6.07) is 16.0. The number of methoxy groups -OCH3 is 1. The standard InChI is InChI=1S/C10H13O.C9H10Cl/c1-3-4-9-5-7-10(11-2)8-6-9;1-2-3-8-4-6-9(10)7-5-8/h5-8H,1,3-4H2,2H3;4-7H,1-3H2. The third kappa shape index (κ3) is 7.19. The number of ether oxygens (including phenoxy) is 1. The van der Waals surface area contributed by atoms with Gasteiger partial charge in [0.05, 0.1) is 7.11 Å². The molecule has 0 atom stereocenters. The molecule has 21 heavy (non-hydrogen) atoms. The lowest BCUT2D eigenvalue weighted by molar-refractivity contribution is 0.414. The molecule has 0 aliphatic carbocycles. The number of benzene rings is 2. The topological polar surface area (TPSA) is 9.23 Å². The van der Waals surface area contributed by atoms with Crippen LogP contribution in [0.15, 0.2) is 48.5 Å². The van der Waals surface area contributed by atoms with Gasteiger partial charge in [-0.2, -0.15) is 0 Å². The van der Waals surface area contributed by atoms with Gasteiger partial charge in [-0.1, -0.05) is 49.7 Å². The lowest BCUT2D eigenvalue weighted by Crippen LogP contribution is -1.84. The van der Waals surface area contributed by atoms with E-state index in [-0.39, 0.29) is 0 Å². The largest absolute Gasteiger partial charge is 0.497 e. The number of hydrogen-bond acceptors (Lipinski definition) is 1. The highest BCUT2D eigenvalue weighted by molar-refractivity contribution is 6.30. The highest BCUT2D eigenvalue weighted by atomic mass is 35.5. The highest BCUT2D eigenvalue weighted by Crippen LogP contribution is 2.12. The van der Waals surface area contributed by atoms with E-state index in [0.717, 1.165) is 36.5 Å². The summed E-state index contributed by atoms with van der Waals surface area (Å²) in [5.74, 6) is 0.915. The molecule has 2 rings (SSSR count). The average Bonchev–Trinajstić information content (AvgIpc) is 2.52. The molecule has 0 unspecified atom stereocenters. The van der Waals surface area contributed by atoms with E-state index in [2.05, 4.69) is 26.0 Å². The molecule has 2 aromatic carbocycles. The van der Waals surface area contributed by atoms with Crippen LogP contribution in [0.3, 0.4) is 0 Å². The van der Waals surface area contributed by atoms with Gasteiger partial charge in [0.2, 0.25) is 0 Å². The lowest BCUT2D eigenvalue weighted by Gasteiger charge is -2.00. The van der Waals surface area contributed by atoms with Crippen molar-refractivity contribution < 1.29 is 4.74 Å². The van der Waals surface area contributed by atoms with Crippen LogP contribution >= 0.6 is 11.6 Å². The first-order chi connectivity index (χ1) is 10.2. The molecule has 2 aromatic rings. The molecule has 0 heterocycles. The van der Waals surface area contributed by atoms with E-state index in [1.165, 1.54) is 11.1 Å². The number of rotatable bonds is 5. The van der Waals surface area contributed by atoms with Crippen LogP contribution < -0.4 is 4.74 Å². The van der Waals surface area contributed by atoms with Gasteiger partial charge < -0.3 is 4.74 Å². The third-order valence-electron chi connectivity index (χ3n) is 3.00. The van der Waals surface area contributed by atoms with Crippen molar-refractivity contribution in [2.75, 3.05) is 7.11 Å². The summed E-state index contributed by atoms with van der Waals surface area (Å²) in [5.41, 5.74) is 2.63. The summed E-state index contributed by atoms with van der Waals surface area (Å²) in [6.45, 7) is 7.56. The Hall–Kier alpha value is -1.47. The van der Waals surface area contributed by atoms with E-state index < -0.39 is 0 Å². The maximum absolute atomic E-state index is 5.70. The fraction of sp³-hybridized carbons (Fsp3) is 0.263. The summed E-state index contributed by atoms with van der Waals surface area (Å²) >= 11 is 5.70. The minimum Gasteiger partial charge on any atom is -0.497 e. The second-order valence-electron chi connectivity index (χ2n) is 4.68. The zero-order valence-corrected chi connectivity index (χ0v) is 13.4. The second-order valence-corrected chi connectivity index (χ2v) is 5.12. The van der Waals surface area contributed by atoms with E-state index in [9.17, 15) is 0 Å². The number of halogens is 1. The van der Waals surface area contributed by atoms with Crippen LogP contribution in [-0.4, -0.2) is 7.11 Å². The van der Waals surface area contributed by atoms with Crippen LogP contribution in [0.2, 0.25) is 5.02 Å². The fourth-order valence-corrected chi connectivity index (χ4v) is 1.98. The molecule has 0 amide bonds. The summed E-state index contributed by atoms with van der Waals surface area (Å²) in [6.07, 6.45) is 3.98. The Morgan fingerprint density at radius 3 is 1.62 bits per heavy atom. The molecule has 2 radical (unpaired) electrons. The second kappa shape index (κ2) is 10.3. The van der Waals surface area contributed by atoms with Crippen molar-refractivity contribution in [1.82, 2.24) is 0 Å². The molecule has 2 heteroatoms. The van der Waals surface area contributed by atoms with E-state index >= 15 is 0 Å². The van der Waals surface area contributed by atoms with Crippen molar-refractivity contribution >= 4 is 11.6 Å². The molecule has 0 bridgehead atoms. The predicted octanol–water partition coefficient (Wildman–Crippen LogP) is 5.57. The van der Waals surface area contributed by atoms with Crippen LogP contribution in [0.4, 0.5) is 0 Å². The Morgan fingerprint density at radius 1 is 0.810 bits per heavy atom. The zero-order chi connectivity index (χ0) is 15.5. The summed E-state index contributed by atoms with van der Waals surface area (Å²) < 4.78 is 5.03. The van der Waals surface area contributed by atoms with Crippen molar-refractivity contribution in [2.24, 2.45) is 0 Å². The maximum atomic E-state index is 5.70. The predicted molar refractivity (Wildman–Crippen MR) is 91.8 cm³/mol. The third-order valence-corrected chi connectivity index (χ3v) is 3.26. The molecule has 0 aromatic heterocycles. The van der Waals surface area contributed by atoms with Gasteiger partial charge in [0, 0.05) is 5.02 Å². The molecule has 0 aliphatic rings. The highest BCUT2D eigenvalue weighted by Gasteiger charge is 1.91. The molecule has 1 nitrogen and oxygen atoms in total. The van der Waals surface area contributed by atoms with Gasteiger partial charge in [0.15, 0.2) is 0 Å². The van der Waals surface area contributed by atoms with E-state index in [0.29, 0.717) is 0 Å². The Morgan fingerprint density at radius 2 is 1.24 bits per heavy atom. The Kier molecular flexibility index (Phi) is 8.61. The normalized spacial score (nSPS) is 9.71. The van der Waals surface area contributed by atoms with Crippen LogP contribution in [0.1, 0.15) is 24.0 Å². The van der Waals surface area contributed by atoms with E-state index in [1.807, 2.05) is 36.4 Å². The molecule has 0 spiro atoms. The van der Waals surface area contributed by atoms with Crippen molar-refractivity contribution in [3.05, 3.63) is 78.5 Å². The minimum absolute atomic E-state index is 0.799. The average molecular weight is 303 g/mol. The molecular weight excluding hydrogens is 280 g/mol.